The Morgan fingerprint density at radius 1 is 1.14 bits per heavy atom. The van der Waals surface area contributed by atoms with Gasteiger partial charge >= 0.3 is 6.18 Å². The molecule has 0 aliphatic heterocycles. The number of fused-ring (bicyclic) bond motifs is 1. The van der Waals surface area contributed by atoms with Crippen LogP contribution in [0.25, 0.3) is 6.08 Å². The van der Waals surface area contributed by atoms with E-state index in [4.69, 9.17) is 0 Å². The zero-order valence-corrected chi connectivity index (χ0v) is 18.9. The zero-order chi connectivity index (χ0) is 24.4. The Kier molecular flexibility index (Phi) is 6.31. The van der Waals surface area contributed by atoms with Crippen molar-refractivity contribution in [3.63, 3.8) is 0 Å². The van der Waals surface area contributed by atoms with E-state index in [0.29, 0.717) is 12.1 Å². The maximum Gasteiger partial charge on any atom is 0.433 e. The smallest absolute Gasteiger partial charge is 0.346 e. The highest BCUT2D eigenvalue weighted by Crippen LogP contribution is 2.41. The summed E-state index contributed by atoms with van der Waals surface area (Å²) in [5.41, 5.74) is 4.38. The molecule has 1 saturated carbocycles. The van der Waals surface area contributed by atoms with Crippen LogP contribution in [0.4, 0.5) is 13.2 Å². The molecule has 0 spiro atoms. The van der Waals surface area contributed by atoms with E-state index in [1.165, 1.54) is 30.0 Å². The second kappa shape index (κ2) is 9.55. The third-order valence-corrected chi connectivity index (χ3v) is 6.18. The van der Waals surface area contributed by atoms with E-state index in [9.17, 15) is 18.0 Å². The molecule has 35 heavy (non-hydrogen) atoms. The summed E-state index contributed by atoms with van der Waals surface area (Å²) in [6.45, 7) is 0.642. The van der Waals surface area contributed by atoms with Crippen LogP contribution in [0.2, 0.25) is 0 Å². The third kappa shape index (κ3) is 5.72. The number of nitrogens with zero attached hydrogens (tertiary/aromatic N) is 6. The summed E-state index contributed by atoms with van der Waals surface area (Å²) in [5, 5.41) is 19.3. The molecular formula is C24H24F3N7O. The number of pyridine rings is 1. The lowest BCUT2D eigenvalue weighted by Gasteiger charge is -2.07. The lowest BCUT2D eigenvalue weighted by molar-refractivity contribution is -0.141. The van der Waals surface area contributed by atoms with Crippen molar-refractivity contribution in [1.29, 1.82) is 0 Å². The van der Waals surface area contributed by atoms with Crippen molar-refractivity contribution < 1.29 is 18.0 Å². The van der Waals surface area contributed by atoms with Crippen molar-refractivity contribution in [2.45, 2.75) is 57.8 Å². The molecule has 1 N–H and O–H groups in total. The largest absolute Gasteiger partial charge is 0.433 e. The van der Waals surface area contributed by atoms with Gasteiger partial charge in [0.15, 0.2) is 5.69 Å². The first-order valence-electron chi connectivity index (χ1n) is 11.6. The Hall–Kier alpha value is -3.63. The summed E-state index contributed by atoms with van der Waals surface area (Å²) in [6, 6.07) is 4.30. The molecule has 8 nitrogen and oxygen atoms in total. The molecule has 3 aromatic rings. The Bertz CT molecular complexity index is 1250. The van der Waals surface area contributed by atoms with Crippen LogP contribution >= 0.6 is 0 Å². The van der Waals surface area contributed by atoms with Gasteiger partial charge in [-0.15, -0.1) is 5.10 Å². The molecule has 0 bridgehead atoms. The van der Waals surface area contributed by atoms with Crippen LogP contribution in [0.3, 0.4) is 0 Å². The van der Waals surface area contributed by atoms with Gasteiger partial charge in [-0.1, -0.05) is 22.9 Å². The Morgan fingerprint density at radius 3 is 2.74 bits per heavy atom. The van der Waals surface area contributed by atoms with Crippen LogP contribution in [-0.2, 0) is 32.1 Å². The topological polar surface area (TPSA) is 98.5 Å². The number of allylic oxidation sites excluding steroid dienone is 1. The van der Waals surface area contributed by atoms with E-state index in [2.05, 4.69) is 43.0 Å². The number of amides is 1. The summed E-state index contributed by atoms with van der Waals surface area (Å²) < 4.78 is 39.4. The molecule has 11 heteroatoms. The Balaban J connectivity index is 1.05. The fourth-order valence-corrected chi connectivity index (χ4v) is 4.08. The number of hydrogen-bond donors (Lipinski definition) is 1. The van der Waals surface area contributed by atoms with Crippen molar-refractivity contribution in [3.8, 4) is 0 Å². The molecule has 1 amide bonds. The molecule has 0 saturated heterocycles. The highest BCUT2D eigenvalue weighted by Gasteiger charge is 2.32. The molecule has 0 unspecified atom stereocenters. The van der Waals surface area contributed by atoms with Crippen molar-refractivity contribution in [3.05, 3.63) is 70.1 Å². The van der Waals surface area contributed by atoms with E-state index >= 15 is 0 Å². The van der Waals surface area contributed by atoms with Gasteiger partial charge in [0.2, 0.25) is 0 Å². The molecule has 2 aliphatic rings. The summed E-state index contributed by atoms with van der Waals surface area (Å²) in [4.78, 5) is 15.7. The van der Waals surface area contributed by atoms with Crippen LogP contribution in [0.15, 0.2) is 36.2 Å². The second-order valence-electron chi connectivity index (χ2n) is 8.96. The third-order valence-electron chi connectivity index (χ3n) is 6.18. The molecule has 1 fully saturated rings. The zero-order valence-electron chi connectivity index (χ0n) is 18.9. The Morgan fingerprint density at radius 2 is 2.00 bits per heavy atom. The monoisotopic (exact) mass is 483 g/mol. The van der Waals surface area contributed by atoms with Crippen LogP contribution in [-0.4, -0.2) is 36.1 Å². The van der Waals surface area contributed by atoms with Crippen molar-refractivity contribution in [2.75, 3.05) is 0 Å². The predicted octanol–water partition coefficient (Wildman–Crippen LogP) is 3.78. The number of carbonyl (C=O) groups is 1. The molecule has 0 aromatic carbocycles. The first-order valence-corrected chi connectivity index (χ1v) is 11.6. The molecule has 0 atom stereocenters. The van der Waals surface area contributed by atoms with E-state index in [-0.39, 0.29) is 12.2 Å². The van der Waals surface area contributed by atoms with Crippen LogP contribution < -0.4 is 5.32 Å². The number of hydrogen-bond acceptors (Lipinski definition) is 6. The predicted molar refractivity (Wildman–Crippen MR) is 120 cm³/mol. The fraction of sp³-hybridized carbons (Fsp3) is 0.417. The van der Waals surface area contributed by atoms with Crippen LogP contribution in [0, 0.1) is 5.92 Å². The maximum absolute atomic E-state index is 12.6. The molecule has 5 rings (SSSR count). The van der Waals surface area contributed by atoms with Crippen molar-refractivity contribution in [2.24, 2.45) is 5.92 Å². The van der Waals surface area contributed by atoms with Gasteiger partial charge in [-0.05, 0) is 61.3 Å². The van der Waals surface area contributed by atoms with E-state index in [1.807, 2.05) is 0 Å². The van der Waals surface area contributed by atoms with E-state index < -0.39 is 17.8 Å². The van der Waals surface area contributed by atoms with Gasteiger partial charge < -0.3 is 5.32 Å². The maximum atomic E-state index is 12.6. The number of aromatic nitrogens is 6. The van der Waals surface area contributed by atoms with Crippen LogP contribution in [0.5, 0.6) is 0 Å². The first-order chi connectivity index (χ1) is 16.8. The minimum atomic E-state index is -4.49. The first kappa shape index (κ1) is 23.1. The normalized spacial score (nSPS) is 15.1. The molecule has 0 radical (unpaired) electrons. The minimum absolute atomic E-state index is 0.0377. The van der Waals surface area contributed by atoms with Gasteiger partial charge in [0, 0.05) is 25.7 Å². The van der Waals surface area contributed by atoms with Gasteiger partial charge in [-0.25, -0.2) is 0 Å². The van der Waals surface area contributed by atoms with E-state index in [0.717, 1.165) is 55.3 Å². The van der Waals surface area contributed by atoms with Crippen molar-refractivity contribution >= 4 is 12.0 Å². The second-order valence-corrected chi connectivity index (χ2v) is 8.96. The number of rotatable bonds is 9. The molecule has 3 heterocycles. The number of halogens is 3. The highest BCUT2D eigenvalue weighted by molar-refractivity contribution is 5.91. The highest BCUT2D eigenvalue weighted by atomic mass is 19.4. The van der Waals surface area contributed by atoms with Crippen LogP contribution in [0.1, 0.15) is 64.4 Å². The standard InChI is InChI=1S/C24H24F3N7O/c25-24(26,27)22-7-4-15(12-28-22)13-29-23(35)21-14-34(33-32-21)8-2-1-3-19-10-18-9-17(16-5-6-16)11-20(18)31-30-19/h4,7,9-10,12,14,16H,1-3,5-6,8,11,13H2,(H,29,35). The number of aryl methyl sites for hydroxylation is 2. The molecule has 3 aromatic heterocycles. The van der Waals surface area contributed by atoms with Gasteiger partial charge in [-0.2, -0.15) is 23.4 Å². The molecule has 182 valence electrons. The summed E-state index contributed by atoms with van der Waals surface area (Å²) >= 11 is 0. The Labute approximate surface area is 199 Å². The quantitative estimate of drug-likeness (QED) is 0.465. The minimum Gasteiger partial charge on any atom is -0.346 e. The van der Waals surface area contributed by atoms with E-state index in [1.54, 1.807) is 10.9 Å². The average Bonchev–Trinajstić information content (AvgIpc) is 3.43. The summed E-state index contributed by atoms with van der Waals surface area (Å²) in [5.74, 6) is 0.298. The SMILES string of the molecule is O=C(NCc1ccc(C(F)(F)F)nc1)c1cn(CCCCc2cc3c(nn2)CC(C2CC2)=C3)nn1. The lowest BCUT2D eigenvalue weighted by atomic mass is 10.1. The van der Waals surface area contributed by atoms with Gasteiger partial charge in [0.05, 0.1) is 17.6 Å². The van der Waals surface area contributed by atoms with Gasteiger partial charge in [-0.3, -0.25) is 14.5 Å². The molecular weight excluding hydrogens is 459 g/mol. The summed E-state index contributed by atoms with van der Waals surface area (Å²) in [7, 11) is 0. The lowest BCUT2D eigenvalue weighted by Crippen LogP contribution is -2.23. The number of unbranched alkanes of at least 4 members (excludes halogenated alkanes) is 1. The van der Waals surface area contributed by atoms with Crippen molar-refractivity contribution in [1.82, 2.24) is 35.5 Å². The van der Waals surface area contributed by atoms with Gasteiger partial charge in [0.1, 0.15) is 5.69 Å². The summed E-state index contributed by atoms with van der Waals surface area (Å²) in [6.07, 6.45) is 6.51. The fourth-order valence-electron chi connectivity index (χ4n) is 4.08. The average molecular weight is 483 g/mol. The number of carbonyl (C=O) groups excluding carboxylic acids is 1. The number of nitrogens with one attached hydrogen (secondary N) is 1. The number of alkyl halides is 3. The molecule has 2 aliphatic carbocycles. The van der Waals surface area contributed by atoms with Gasteiger partial charge in [0.25, 0.3) is 5.91 Å².